The molecule has 2 aromatic heterocycles. The minimum atomic E-state index is -0.0426. The van der Waals surface area contributed by atoms with Crippen LogP contribution in [0.3, 0.4) is 0 Å². The molecule has 0 aliphatic rings. The van der Waals surface area contributed by atoms with Gasteiger partial charge in [0, 0.05) is 28.4 Å². The third-order valence-corrected chi connectivity index (χ3v) is 5.05. The van der Waals surface area contributed by atoms with Crippen LogP contribution in [-0.2, 0) is 11.2 Å². The fraction of sp³-hybridized carbons (Fsp3) is 0.263. The molecule has 132 valence electrons. The molecule has 1 aromatic carbocycles. The number of hydrogen-bond donors (Lipinski definition) is 1. The van der Waals surface area contributed by atoms with Crippen molar-refractivity contribution in [2.75, 3.05) is 11.6 Å². The van der Waals surface area contributed by atoms with Crippen LogP contribution in [-0.4, -0.2) is 26.8 Å². The van der Waals surface area contributed by atoms with Crippen LogP contribution >= 0.6 is 11.8 Å². The Morgan fingerprint density at radius 3 is 2.69 bits per heavy atom. The van der Waals surface area contributed by atoms with Gasteiger partial charge in [0.2, 0.25) is 5.91 Å². The number of hydrogen-bond acceptors (Lipinski definition) is 5. The number of carbonyl (C=O) groups excluding carboxylic acids is 1. The number of nitriles is 1. The highest BCUT2D eigenvalue weighted by Crippen LogP contribution is 2.20. The Hall–Kier alpha value is -2.85. The summed E-state index contributed by atoms with van der Waals surface area (Å²) in [5.41, 5.74) is 4.52. The zero-order valence-electron chi connectivity index (χ0n) is 14.9. The van der Waals surface area contributed by atoms with Crippen molar-refractivity contribution < 1.29 is 4.79 Å². The van der Waals surface area contributed by atoms with E-state index in [1.54, 1.807) is 16.3 Å². The predicted molar refractivity (Wildman–Crippen MR) is 102 cm³/mol. The van der Waals surface area contributed by atoms with E-state index in [2.05, 4.69) is 21.5 Å². The molecule has 2 heterocycles. The van der Waals surface area contributed by atoms with Gasteiger partial charge in [-0.25, -0.2) is 9.50 Å². The molecule has 26 heavy (non-hydrogen) atoms. The molecule has 0 saturated heterocycles. The molecule has 0 unspecified atom stereocenters. The molecule has 0 bridgehead atoms. The predicted octanol–water partition coefficient (Wildman–Crippen LogP) is 3.51. The van der Waals surface area contributed by atoms with Gasteiger partial charge in [-0.05, 0) is 56.4 Å². The van der Waals surface area contributed by atoms with E-state index in [4.69, 9.17) is 5.26 Å². The number of benzene rings is 1. The van der Waals surface area contributed by atoms with Crippen LogP contribution in [0.4, 0.5) is 5.69 Å². The van der Waals surface area contributed by atoms with Crippen molar-refractivity contribution >= 4 is 29.0 Å². The normalized spacial score (nSPS) is 10.7. The van der Waals surface area contributed by atoms with Gasteiger partial charge in [-0.15, -0.1) is 11.8 Å². The molecule has 7 heteroatoms. The number of fused-ring (bicyclic) bond motifs is 1. The Morgan fingerprint density at radius 1 is 1.31 bits per heavy atom. The molecular formula is C19H19N5OS. The van der Waals surface area contributed by atoms with Crippen molar-refractivity contribution in [3.63, 3.8) is 0 Å². The van der Waals surface area contributed by atoms with E-state index in [0.717, 1.165) is 27.5 Å². The van der Waals surface area contributed by atoms with E-state index in [0.29, 0.717) is 24.1 Å². The summed E-state index contributed by atoms with van der Waals surface area (Å²) >= 11 is 1.66. The number of nitrogens with one attached hydrogen (secondary N) is 1. The molecule has 0 saturated carbocycles. The monoisotopic (exact) mass is 365 g/mol. The van der Waals surface area contributed by atoms with Crippen LogP contribution < -0.4 is 5.32 Å². The number of aromatic nitrogens is 3. The van der Waals surface area contributed by atoms with Crippen molar-refractivity contribution in [1.82, 2.24) is 14.6 Å². The SMILES string of the molecule is CSc1ccc(NC(=O)CCc2c(C)nc3c(C#N)cnn3c2C)cc1. The third kappa shape index (κ3) is 3.55. The Morgan fingerprint density at radius 2 is 2.04 bits per heavy atom. The lowest BCUT2D eigenvalue weighted by Gasteiger charge is -2.11. The minimum Gasteiger partial charge on any atom is -0.326 e. The van der Waals surface area contributed by atoms with Crippen molar-refractivity contribution in [2.24, 2.45) is 0 Å². The maximum Gasteiger partial charge on any atom is 0.224 e. The number of nitrogens with zero attached hydrogens (tertiary/aromatic N) is 4. The highest BCUT2D eigenvalue weighted by atomic mass is 32.2. The lowest BCUT2D eigenvalue weighted by atomic mass is 10.1. The van der Waals surface area contributed by atoms with E-state index in [9.17, 15) is 4.79 Å². The summed E-state index contributed by atoms with van der Waals surface area (Å²) in [7, 11) is 0. The van der Waals surface area contributed by atoms with Crippen molar-refractivity contribution in [3.8, 4) is 6.07 Å². The number of anilines is 1. The van der Waals surface area contributed by atoms with Crippen LogP contribution in [0.1, 0.15) is 28.9 Å². The first kappa shape index (κ1) is 18.0. The lowest BCUT2D eigenvalue weighted by Crippen LogP contribution is -2.14. The Kier molecular flexibility index (Phi) is 5.24. The molecule has 0 spiro atoms. The van der Waals surface area contributed by atoms with Gasteiger partial charge in [-0.3, -0.25) is 4.79 Å². The largest absolute Gasteiger partial charge is 0.326 e. The molecule has 3 aromatic rings. The molecule has 6 nitrogen and oxygen atoms in total. The number of carbonyl (C=O) groups is 1. The maximum atomic E-state index is 12.3. The molecule has 1 N–H and O–H groups in total. The number of amides is 1. The van der Waals surface area contributed by atoms with Crippen molar-refractivity contribution in [2.45, 2.75) is 31.6 Å². The molecule has 0 atom stereocenters. The summed E-state index contributed by atoms with van der Waals surface area (Å²) in [5.74, 6) is -0.0426. The zero-order valence-corrected chi connectivity index (χ0v) is 15.7. The number of thioether (sulfide) groups is 1. The van der Waals surface area contributed by atoms with Gasteiger partial charge >= 0.3 is 0 Å². The van der Waals surface area contributed by atoms with Crippen LogP contribution in [0.2, 0.25) is 0 Å². The molecule has 0 aliphatic heterocycles. The van der Waals surface area contributed by atoms with E-state index in [-0.39, 0.29) is 5.91 Å². The molecule has 3 rings (SSSR count). The summed E-state index contributed by atoms with van der Waals surface area (Å²) in [6, 6.07) is 9.87. The first-order valence-electron chi connectivity index (χ1n) is 8.21. The van der Waals surface area contributed by atoms with E-state index in [1.165, 1.54) is 6.20 Å². The smallest absolute Gasteiger partial charge is 0.224 e. The molecule has 0 radical (unpaired) electrons. The second-order valence-corrected chi connectivity index (χ2v) is 6.82. The van der Waals surface area contributed by atoms with Crippen LogP contribution in [0.25, 0.3) is 5.65 Å². The third-order valence-electron chi connectivity index (χ3n) is 4.30. The van der Waals surface area contributed by atoms with Gasteiger partial charge in [0.15, 0.2) is 5.65 Å². The van der Waals surface area contributed by atoms with E-state index < -0.39 is 0 Å². The highest BCUT2D eigenvalue weighted by molar-refractivity contribution is 7.98. The molecule has 0 fully saturated rings. The maximum absolute atomic E-state index is 12.3. The van der Waals surface area contributed by atoms with Crippen molar-refractivity contribution in [3.05, 3.63) is 53.0 Å². The highest BCUT2D eigenvalue weighted by Gasteiger charge is 2.14. The first-order valence-corrected chi connectivity index (χ1v) is 9.43. The van der Waals surface area contributed by atoms with Gasteiger partial charge in [-0.2, -0.15) is 10.4 Å². The van der Waals surface area contributed by atoms with Crippen molar-refractivity contribution in [1.29, 1.82) is 5.26 Å². The fourth-order valence-corrected chi connectivity index (χ4v) is 3.30. The quantitative estimate of drug-likeness (QED) is 0.700. The van der Waals surface area contributed by atoms with Crippen LogP contribution in [0.5, 0.6) is 0 Å². The second-order valence-electron chi connectivity index (χ2n) is 5.94. The summed E-state index contributed by atoms with van der Waals surface area (Å²) in [6.07, 6.45) is 4.45. The van der Waals surface area contributed by atoms with Crippen LogP contribution in [0.15, 0.2) is 35.4 Å². The summed E-state index contributed by atoms with van der Waals surface area (Å²) in [4.78, 5) is 17.9. The summed E-state index contributed by atoms with van der Waals surface area (Å²) < 4.78 is 1.67. The minimum absolute atomic E-state index is 0.0426. The fourth-order valence-electron chi connectivity index (χ4n) is 2.89. The van der Waals surface area contributed by atoms with Gasteiger partial charge < -0.3 is 5.32 Å². The van der Waals surface area contributed by atoms with Gasteiger partial charge in [0.05, 0.1) is 6.20 Å². The Bertz CT molecular complexity index is 1000. The van der Waals surface area contributed by atoms with E-state index in [1.807, 2.05) is 44.4 Å². The number of aryl methyl sites for hydroxylation is 2. The number of rotatable bonds is 5. The molecule has 0 aliphatic carbocycles. The standard InChI is InChI=1S/C19H19N5OS/c1-12-17(13(2)24-19(22-12)14(10-20)11-21-24)8-9-18(25)23-15-4-6-16(26-3)7-5-15/h4-7,11H,8-9H2,1-3H3,(H,23,25). The van der Waals surface area contributed by atoms with Gasteiger partial charge in [0.1, 0.15) is 11.6 Å². The Labute approximate surface area is 156 Å². The van der Waals surface area contributed by atoms with Gasteiger partial charge in [-0.1, -0.05) is 0 Å². The molecule has 1 amide bonds. The topological polar surface area (TPSA) is 83.1 Å². The average Bonchev–Trinajstić information content (AvgIpc) is 3.05. The zero-order chi connectivity index (χ0) is 18.7. The summed E-state index contributed by atoms with van der Waals surface area (Å²) in [5, 5.41) is 16.3. The Balaban J connectivity index is 1.72. The van der Waals surface area contributed by atoms with E-state index >= 15 is 0 Å². The average molecular weight is 365 g/mol. The lowest BCUT2D eigenvalue weighted by molar-refractivity contribution is -0.116. The summed E-state index contributed by atoms with van der Waals surface area (Å²) in [6.45, 7) is 3.83. The second kappa shape index (κ2) is 7.58. The molecular weight excluding hydrogens is 346 g/mol. The van der Waals surface area contributed by atoms with Gasteiger partial charge in [0.25, 0.3) is 0 Å². The first-order chi connectivity index (χ1) is 12.5. The van der Waals surface area contributed by atoms with Crippen LogP contribution in [0, 0.1) is 25.2 Å².